The summed E-state index contributed by atoms with van der Waals surface area (Å²) in [7, 11) is 0. The molecule has 1 amide bonds. The number of amides is 1. The molecule has 0 aromatic carbocycles. The number of nitrogens with two attached hydrogens (primary N) is 1. The van der Waals surface area contributed by atoms with Crippen LogP contribution in [0.1, 0.15) is 33.6 Å². The van der Waals surface area contributed by atoms with Crippen LogP contribution in [-0.2, 0) is 9.53 Å². The summed E-state index contributed by atoms with van der Waals surface area (Å²) < 4.78 is 5.39. The van der Waals surface area contributed by atoms with Crippen LogP contribution in [0.15, 0.2) is 0 Å². The van der Waals surface area contributed by atoms with Crippen LogP contribution in [-0.4, -0.2) is 42.6 Å². The maximum absolute atomic E-state index is 11.9. The molecule has 0 aliphatic carbocycles. The molecule has 17 heavy (non-hydrogen) atoms. The molecule has 1 fully saturated rings. The number of carbonyl (C=O) groups excluding carboxylic acids is 1. The van der Waals surface area contributed by atoms with Gasteiger partial charge in [0.25, 0.3) is 0 Å². The molecule has 0 radical (unpaired) electrons. The number of likely N-dealkylation sites (tertiary alicyclic amines) is 1. The summed E-state index contributed by atoms with van der Waals surface area (Å²) in [4.78, 5) is 13.8. The summed E-state index contributed by atoms with van der Waals surface area (Å²) in [5.41, 5.74) is 5.64. The molecule has 1 saturated heterocycles. The van der Waals surface area contributed by atoms with Crippen molar-refractivity contribution >= 4 is 18.3 Å². The zero-order chi connectivity index (χ0) is 12.1. The number of ether oxygens (including phenoxy) is 1. The minimum atomic E-state index is 0. The highest BCUT2D eigenvalue weighted by atomic mass is 35.5. The molecule has 0 spiro atoms. The smallest absolute Gasteiger partial charge is 0.225 e. The maximum Gasteiger partial charge on any atom is 0.225 e. The van der Waals surface area contributed by atoms with Gasteiger partial charge in [0.2, 0.25) is 5.91 Å². The van der Waals surface area contributed by atoms with E-state index in [4.69, 9.17) is 10.5 Å². The Labute approximate surface area is 110 Å². The van der Waals surface area contributed by atoms with Crippen molar-refractivity contribution in [2.45, 2.75) is 45.8 Å². The Morgan fingerprint density at radius 3 is 2.65 bits per heavy atom. The summed E-state index contributed by atoms with van der Waals surface area (Å²) in [5, 5.41) is 0. The Kier molecular flexibility index (Phi) is 7.75. The molecule has 0 bridgehead atoms. The van der Waals surface area contributed by atoms with E-state index in [1.807, 2.05) is 18.7 Å². The number of carbonyl (C=O) groups is 1. The van der Waals surface area contributed by atoms with Gasteiger partial charge in [-0.3, -0.25) is 4.79 Å². The molecule has 1 aliphatic heterocycles. The van der Waals surface area contributed by atoms with Gasteiger partial charge in [-0.2, -0.15) is 0 Å². The first-order valence-electron chi connectivity index (χ1n) is 6.15. The van der Waals surface area contributed by atoms with Crippen LogP contribution < -0.4 is 5.73 Å². The van der Waals surface area contributed by atoms with Crippen molar-refractivity contribution in [1.82, 2.24) is 4.90 Å². The summed E-state index contributed by atoms with van der Waals surface area (Å²) in [6.07, 6.45) is 1.72. The van der Waals surface area contributed by atoms with Crippen molar-refractivity contribution in [3.8, 4) is 0 Å². The largest absolute Gasteiger partial charge is 0.378 e. The lowest BCUT2D eigenvalue weighted by atomic mass is 10.1. The first-order valence-corrected chi connectivity index (χ1v) is 6.15. The van der Waals surface area contributed by atoms with E-state index in [0.29, 0.717) is 31.5 Å². The normalized spacial score (nSPS) is 23.9. The molecule has 2 N–H and O–H groups in total. The van der Waals surface area contributed by atoms with E-state index in [1.54, 1.807) is 0 Å². The van der Waals surface area contributed by atoms with Crippen LogP contribution in [0.4, 0.5) is 0 Å². The van der Waals surface area contributed by atoms with Crippen molar-refractivity contribution < 1.29 is 9.53 Å². The summed E-state index contributed by atoms with van der Waals surface area (Å²) >= 11 is 0. The maximum atomic E-state index is 11.9. The number of halogens is 1. The number of rotatable bonds is 5. The summed E-state index contributed by atoms with van der Waals surface area (Å²) in [6.45, 7) is 8.07. The van der Waals surface area contributed by atoms with Gasteiger partial charge in [0.1, 0.15) is 0 Å². The fraction of sp³-hybridized carbons (Fsp3) is 0.917. The first-order chi connectivity index (χ1) is 7.54. The predicted molar refractivity (Wildman–Crippen MR) is 71.3 cm³/mol. The highest BCUT2D eigenvalue weighted by molar-refractivity contribution is 5.85. The number of hydrogen-bond acceptors (Lipinski definition) is 3. The van der Waals surface area contributed by atoms with Crippen LogP contribution in [0.5, 0.6) is 0 Å². The molecule has 0 saturated carbocycles. The average Bonchev–Trinajstić information content (AvgIpc) is 2.59. The van der Waals surface area contributed by atoms with Gasteiger partial charge < -0.3 is 15.4 Å². The molecule has 2 unspecified atom stereocenters. The third kappa shape index (κ3) is 5.23. The molecule has 102 valence electrons. The highest BCUT2D eigenvalue weighted by Crippen LogP contribution is 2.22. The van der Waals surface area contributed by atoms with E-state index < -0.39 is 0 Å². The molecular weight excluding hydrogens is 240 g/mol. The molecule has 4 nitrogen and oxygen atoms in total. The molecule has 1 aliphatic rings. The second kappa shape index (κ2) is 7.90. The molecule has 0 aromatic rings. The number of nitrogens with zero attached hydrogens (tertiary/aromatic N) is 1. The standard InChI is InChI=1S/C12H24N2O2.ClH/c1-9(2)16-5-4-12(15)14-8-11(7-13)6-10(14)3;/h9-11H,4-8,13H2,1-3H3;1H. The Morgan fingerprint density at radius 1 is 1.53 bits per heavy atom. The zero-order valence-electron chi connectivity index (χ0n) is 11.0. The van der Waals surface area contributed by atoms with Crippen molar-refractivity contribution in [2.75, 3.05) is 19.7 Å². The van der Waals surface area contributed by atoms with E-state index in [9.17, 15) is 4.79 Å². The van der Waals surface area contributed by atoms with Gasteiger partial charge in [-0.15, -0.1) is 12.4 Å². The number of hydrogen-bond donors (Lipinski definition) is 1. The van der Waals surface area contributed by atoms with Gasteiger partial charge in [0.05, 0.1) is 19.1 Å². The first kappa shape index (κ1) is 16.7. The third-order valence-corrected chi connectivity index (χ3v) is 3.08. The van der Waals surface area contributed by atoms with Crippen LogP contribution in [0.3, 0.4) is 0 Å². The van der Waals surface area contributed by atoms with Gasteiger partial charge in [0, 0.05) is 12.6 Å². The summed E-state index contributed by atoms with van der Waals surface area (Å²) in [6, 6.07) is 0.333. The quantitative estimate of drug-likeness (QED) is 0.817. The van der Waals surface area contributed by atoms with E-state index in [-0.39, 0.29) is 24.4 Å². The van der Waals surface area contributed by atoms with Crippen molar-refractivity contribution in [3.05, 3.63) is 0 Å². The second-order valence-electron chi connectivity index (χ2n) is 4.90. The van der Waals surface area contributed by atoms with Gasteiger partial charge in [-0.05, 0) is 39.7 Å². The minimum absolute atomic E-state index is 0. The van der Waals surface area contributed by atoms with Crippen LogP contribution in [0.25, 0.3) is 0 Å². The molecule has 2 atom stereocenters. The van der Waals surface area contributed by atoms with Crippen molar-refractivity contribution in [1.29, 1.82) is 0 Å². The Hall–Kier alpha value is -0.320. The lowest BCUT2D eigenvalue weighted by molar-refractivity contribution is -0.133. The molecular formula is C12H25ClN2O2. The predicted octanol–water partition coefficient (Wildman–Crippen LogP) is 1.42. The average molecular weight is 265 g/mol. The monoisotopic (exact) mass is 264 g/mol. The molecule has 0 aromatic heterocycles. The summed E-state index contributed by atoms with van der Waals surface area (Å²) in [5.74, 6) is 0.675. The Morgan fingerprint density at radius 2 is 2.18 bits per heavy atom. The highest BCUT2D eigenvalue weighted by Gasteiger charge is 2.30. The minimum Gasteiger partial charge on any atom is -0.378 e. The van der Waals surface area contributed by atoms with E-state index in [0.717, 1.165) is 13.0 Å². The zero-order valence-corrected chi connectivity index (χ0v) is 11.8. The molecule has 5 heteroatoms. The van der Waals surface area contributed by atoms with Crippen molar-refractivity contribution in [2.24, 2.45) is 11.7 Å². The second-order valence-corrected chi connectivity index (χ2v) is 4.90. The Balaban J connectivity index is 0.00000256. The van der Waals surface area contributed by atoms with Crippen LogP contribution >= 0.6 is 12.4 Å². The topological polar surface area (TPSA) is 55.6 Å². The van der Waals surface area contributed by atoms with E-state index in [1.165, 1.54) is 0 Å². The van der Waals surface area contributed by atoms with Crippen molar-refractivity contribution in [3.63, 3.8) is 0 Å². The molecule has 1 rings (SSSR count). The van der Waals surface area contributed by atoms with Crippen LogP contribution in [0, 0.1) is 5.92 Å². The van der Waals surface area contributed by atoms with Gasteiger partial charge >= 0.3 is 0 Å². The van der Waals surface area contributed by atoms with Gasteiger partial charge in [0.15, 0.2) is 0 Å². The Bertz CT molecular complexity index is 237. The fourth-order valence-electron chi connectivity index (χ4n) is 2.19. The lowest BCUT2D eigenvalue weighted by Crippen LogP contribution is -2.35. The van der Waals surface area contributed by atoms with E-state index >= 15 is 0 Å². The SMILES string of the molecule is CC(C)OCCC(=O)N1CC(CN)CC1C.Cl. The molecule has 1 heterocycles. The lowest BCUT2D eigenvalue weighted by Gasteiger charge is -2.21. The third-order valence-electron chi connectivity index (χ3n) is 3.08. The fourth-order valence-corrected chi connectivity index (χ4v) is 2.19. The van der Waals surface area contributed by atoms with Gasteiger partial charge in [-0.25, -0.2) is 0 Å². The van der Waals surface area contributed by atoms with Gasteiger partial charge in [-0.1, -0.05) is 0 Å². The van der Waals surface area contributed by atoms with Crippen LogP contribution in [0.2, 0.25) is 0 Å². The van der Waals surface area contributed by atoms with E-state index in [2.05, 4.69) is 6.92 Å².